The molecule has 2 nitrogen and oxygen atoms in total. The maximum Gasteiger partial charge on any atom is 0.146 e. The molecule has 1 aliphatic rings. The van der Waals surface area contributed by atoms with Gasteiger partial charge in [0.05, 0.1) is 5.25 Å². The van der Waals surface area contributed by atoms with Gasteiger partial charge < -0.3 is 0 Å². The lowest BCUT2D eigenvalue weighted by atomic mass is 10.1. The topological polar surface area (TPSA) is 34.1 Å². The van der Waals surface area contributed by atoms with Crippen LogP contribution in [0.1, 0.15) is 19.8 Å². The fourth-order valence-corrected chi connectivity index (χ4v) is 1.58. The van der Waals surface area contributed by atoms with E-state index >= 15 is 0 Å². The summed E-state index contributed by atoms with van der Waals surface area (Å²) >= 11 is 0. The monoisotopic (exact) mass is 172 g/mol. The van der Waals surface area contributed by atoms with Crippen LogP contribution in [0.2, 0.25) is 0 Å². The van der Waals surface area contributed by atoms with Crippen LogP contribution in [0.4, 0.5) is 0 Å². The zero-order valence-corrected chi connectivity index (χ0v) is 7.38. The van der Waals surface area contributed by atoms with Gasteiger partial charge in [0, 0.05) is 0 Å². The molecule has 3 heteroatoms. The summed E-state index contributed by atoms with van der Waals surface area (Å²) in [6.07, 6.45) is 7.30. The minimum absolute atomic E-state index is 0.264. The van der Waals surface area contributed by atoms with Crippen LogP contribution in [0.15, 0.2) is 23.8 Å². The quantitative estimate of drug-likeness (QED) is 0.636. The van der Waals surface area contributed by atoms with Crippen LogP contribution < -0.4 is 0 Å². The standard InChI is InChI=1S/C8H12O2S/c1-2-7-3-5-8(6-4-7)11(9)10/h3-5,8,11H,2,6H2,1H3. The Morgan fingerprint density at radius 1 is 1.64 bits per heavy atom. The molecule has 0 radical (unpaired) electrons. The summed E-state index contributed by atoms with van der Waals surface area (Å²) in [5, 5.41) is -0.264. The SMILES string of the molecule is CCC1=CCC([SH](=O)=O)C=C1. The molecule has 0 aromatic carbocycles. The summed E-state index contributed by atoms with van der Waals surface area (Å²) in [7, 11) is -2.27. The van der Waals surface area contributed by atoms with Crippen molar-refractivity contribution in [3.05, 3.63) is 23.8 Å². The van der Waals surface area contributed by atoms with Crippen molar-refractivity contribution in [2.45, 2.75) is 25.0 Å². The van der Waals surface area contributed by atoms with Crippen LogP contribution in [-0.2, 0) is 10.7 Å². The molecule has 0 amide bonds. The van der Waals surface area contributed by atoms with Crippen LogP contribution in [0.5, 0.6) is 0 Å². The number of thiol groups is 1. The summed E-state index contributed by atoms with van der Waals surface area (Å²) in [5.41, 5.74) is 1.23. The smallest absolute Gasteiger partial charge is 0.146 e. The minimum Gasteiger partial charge on any atom is -0.231 e. The van der Waals surface area contributed by atoms with Crippen molar-refractivity contribution in [3.63, 3.8) is 0 Å². The maximum atomic E-state index is 10.5. The van der Waals surface area contributed by atoms with Gasteiger partial charge in [0.1, 0.15) is 10.7 Å². The molecule has 11 heavy (non-hydrogen) atoms. The maximum absolute atomic E-state index is 10.5. The van der Waals surface area contributed by atoms with Gasteiger partial charge in [-0.1, -0.05) is 30.7 Å². The van der Waals surface area contributed by atoms with E-state index in [-0.39, 0.29) is 5.25 Å². The van der Waals surface area contributed by atoms with Crippen molar-refractivity contribution in [2.24, 2.45) is 0 Å². The molecule has 62 valence electrons. The largest absolute Gasteiger partial charge is 0.231 e. The molecule has 0 spiro atoms. The first kappa shape index (κ1) is 8.53. The van der Waals surface area contributed by atoms with Gasteiger partial charge in [-0.25, -0.2) is 8.42 Å². The van der Waals surface area contributed by atoms with Crippen molar-refractivity contribution in [3.8, 4) is 0 Å². The van der Waals surface area contributed by atoms with Crippen LogP contribution in [-0.4, -0.2) is 13.7 Å². The molecule has 0 aromatic heterocycles. The van der Waals surface area contributed by atoms with Gasteiger partial charge in [0.15, 0.2) is 0 Å². The predicted octanol–water partition coefficient (Wildman–Crippen LogP) is 1.26. The molecule has 0 saturated carbocycles. The second kappa shape index (κ2) is 3.72. The molecule has 0 aromatic rings. The fourth-order valence-electron chi connectivity index (χ4n) is 1.07. The highest BCUT2D eigenvalue weighted by Gasteiger charge is 2.09. The van der Waals surface area contributed by atoms with Gasteiger partial charge in [0.2, 0.25) is 0 Å². The number of allylic oxidation sites excluding steroid dienone is 3. The first-order valence-corrected chi connectivity index (χ1v) is 4.99. The third kappa shape index (κ3) is 2.19. The van der Waals surface area contributed by atoms with E-state index in [4.69, 9.17) is 0 Å². The molecular formula is C8H12O2S. The van der Waals surface area contributed by atoms with Crippen LogP contribution >= 0.6 is 0 Å². The Morgan fingerprint density at radius 2 is 2.36 bits per heavy atom. The fraction of sp³-hybridized carbons (Fsp3) is 0.500. The third-order valence-electron chi connectivity index (χ3n) is 1.83. The molecule has 0 aliphatic heterocycles. The highest BCUT2D eigenvalue weighted by atomic mass is 32.2. The predicted molar refractivity (Wildman–Crippen MR) is 46.2 cm³/mol. The van der Waals surface area contributed by atoms with Crippen LogP contribution in [0, 0.1) is 0 Å². The van der Waals surface area contributed by atoms with E-state index in [0.717, 1.165) is 6.42 Å². The first-order chi connectivity index (χ1) is 5.24. The van der Waals surface area contributed by atoms with Gasteiger partial charge >= 0.3 is 0 Å². The van der Waals surface area contributed by atoms with Crippen molar-refractivity contribution in [1.29, 1.82) is 0 Å². The molecule has 1 rings (SSSR count). The first-order valence-electron chi connectivity index (χ1n) is 3.74. The van der Waals surface area contributed by atoms with E-state index in [0.29, 0.717) is 6.42 Å². The highest BCUT2D eigenvalue weighted by molar-refractivity contribution is 7.73. The Bertz CT molecular complexity index is 253. The van der Waals surface area contributed by atoms with Gasteiger partial charge in [-0.2, -0.15) is 0 Å². The summed E-state index contributed by atoms with van der Waals surface area (Å²) in [6.45, 7) is 2.06. The summed E-state index contributed by atoms with van der Waals surface area (Å²) in [4.78, 5) is 0. The average Bonchev–Trinajstić information content (AvgIpc) is 2.05. The van der Waals surface area contributed by atoms with Crippen LogP contribution in [0.25, 0.3) is 0 Å². The van der Waals surface area contributed by atoms with E-state index in [1.165, 1.54) is 5.57 Å². The minimum atomic E-state index is -2.27. The molecule has 0 bridgehead atoms. The lowest BCUT2D eigenvalue weighted by molar-refractivity contribution is 0.607. The Kier molecular flexibility index (Phi) is 2.88. The lowest BCUT2D eigenvalue weighted by Gasteiger charge is -2.08. The summed E-state index contributed by atoms with van der Waals surface area (Å²) in [6, 6.07) is 0. The average molecular weight is 172 g/mol. The second-order valence-corrected chi connectivity index (χ2v) is 3.81. The normalized spacial score (nSPS) is 23.8. The van der Waals surface area contributed by atoms with Crippen molar-refractivity contribution < 1.29 is 8.42 Å². The number of rotatable bonds is 2. The van der Waals surface area contributed by atoms with Gasteiger partial charge in [-0.05, 0) is 12.8 Å². The van der Waals surface area contributed by atoms with Gasteiger partial charge in [0.25, 0.3) is 0 Å². The molecular weight excluding hydrogens is 160 g/mol. The number of hydrogen-bond donors (Lipinski definition) is 1. The summed E-state index contributed by atoms with van der Waals surface area (Å²) < 4.78 is 21.0. The van der Waals surface area contributed by atoms with Gasteiger partial charge in [-0.3, -0.25) is 0 Å². The molecule has 1 atom stereocenters. The highest BCUT2D eigenvalue weighted by Crippen LogP contribution is 2.14. The second-order valence-electron chi connectivity index (χ2n) is 2.58. The molecule has 0 N–H and O–H groups in total. The summed E-state index contributed by atoms with van der Waals surface area (Å²) in [5.74, 6) is 0. The third-order valence-corrected chi connectivity index (χ3v) is 2.76. The van der Waals surface area contributed by atoms with E-state index in [9.17, 15) is 8.42 Å². The molecule has 0 saturated heterocycles. The van der Waals surface area contributed by atoms with E-state index in [1.54, 1.807) is 6.08 Å². The zero-order chi connectivity index (χ0) is 8.27. The Hall–Kier alpha value is -0.570. The van der Waals surface area contributed by atoms with Crippen molar-refractivity contribution >= 4 is 10.7 Å². The van der Waals surface area contributed by atoms with E-state index < -0.39 is 10.7 Å². The Labute approximate surface area is 68.6 Å². The number of hydrogen-bond acceptors (Lipinski definition) is 2. The molecule has 0 fully saturated rings. The molecule has 1 aliphatic carbocycles. The van der Waals surface area contributed by atoms with E-state index in [1.807, 2.05) is 12.2 Å². The van der Waals surface area contributed by atoms with Gasteiger partial charge in [-0.15, -0.1) is 0 Å². The lowest BCUT2D eigenvalue weighted by Crippen LogP contribution is -2.07. The Balaban J connectivity index is 2.64. The van der Waals surface area contributed by atoms with E-state index in [2.05, 4.69) is 6.92 Å². The van der Waals surface area contributed by atoms with Crippen molar-refractivity contribution in [2.75, 3.05) is 0 Å². The van der Waals surface area contributed by atoms with Crippen LogP contribution in [0.3, 0.4) is 0 Å². The Morgan fingerprint density at radius 3 is 2.73 bits per heavy atom. The molecule has 0 heterocycles. The molecule has 1 unspecified atom stereocenters. The van der Waals surface area contributed by atoms with Crippen molar-refractivity contribution in [1.82, 2.24) is 0 Å². The zero-order valence-electron chi connectivity index (χ0n) is 6.49.